The van der Waals surface area contributed by atoms with E-state index in [1.54, 1.807) is 23.5 Å². The number of thioether (sulfide) groups is 2. The predicted octanol–water partition coefficient (Wildman–Crippen LogP) is 5.02. The number of para-hydroxylation sites is 1. The van der Waals surface area contributed by atoms with E-state index in [9.17, 15) is 9.90 Å². The number of rotatable bonds is 6. The molecule has 0 aliphatic heterocycles. The predicted molar refractivity (Wildman–Crippen MR) is 119 cm³/mol. The molecule has 0 radical (unpaired) electrons. The summed E-state index contributed by atoms with van der Waals surface area (Å²) in [7, 11) is 1.33. The molecule has 6 nitrogen and oxygen atoms in total. The Kier molecular flexibility index (Phi) is 7.07. The Labute approximate surface area is 174 Å². The van der Waals surface area contributed by atoms with Gasteiger partial charge in [-0.3, -0.25) is 0 Å². The van der Waals surface area contributed by atoms with Crippen molar-refractivity contribution in [2.75, 3.05) is 13.4 Å². The minimum Gasteiger partial charge on any atom is -0.476 e. The van der Waals surface area contributed by atoms with Crippen LogP contribution in [0.15, 0.2) is 58.7 Å². The summed E-state index contributed by atoms with van der Waals surface area (Å²) in [6.07, 6.45) is 1.96. The van der Waals surface area contributed by atoms with Gasteiger partial charge in [0.15, 0.2) is 5.71 Å². The minimum absolute atomic E-state index is 0.118. The number of hydrogen-bond donors (Lipinski definition) is 1. The quantitative estimate of drug-likeness (QED) is 0.335. The molecule has 3 rings (SSSR count). The molecule has 1 N–H and O–H groups in total. The van der Waals surface area contributed by atoms with Gasteiger partial charge in [-0.05, 0) is 24.0 Å². The molecule has 0 saturated heterocycles. The molecule has 0 aliphatic carbocycles. The van der Waals surface area contributed by atoms with Crippen LogP contribution in [0.4, 0.5) is 5.13 Å². The van der Waals surface area contributed by atoms with E-state index in [-0.39, 0.29) is 5.71 Å². The lowest BCUT2D eigenvalue weighted by Gasteiger charge is -2.09. The Balaban J connectivity index is 1.82. The van der Waals surface area contributed by atoms with Crippen molar-refractivity contribution in [1.82, 2.24) is 4.98 Å². The summed E-state index contributed by atoms with van der Waals surface area (Å²) in [6.45, 7) is 0. The van der Waals surface area contributed by atoms with Crippen molar-refractivity contribution in [2.24, 2.45) is 10.1 Å². The number of aromatic nitrogens is 1. The number of carboxylic acids is 1. The molecule has 0 unspecified atom stereocenters. The number of nitrogens with zero attached hydrogens (tertiary/aromatic N) is 3. The highest BCUT2D eigenvalue weighted by Gasteiger charge is 2.17. The first-order valence-corrected chi connectivity index (χ1v) is 11.2. The van der Waals surface area contributed by atoms with Crippen LogP contribution in [0.25, 0.3) is 10.2 Å². The molecule has 1 heterocycles. The summed E-state index contributed by atoms with van der Waals surface area (Å²) in [5.74, 6) is -0.580. The van der Waals surface area contributed by atoms with E-state index in [1.807, 2.05) is 42.7 Å². The fraction of sp³-hybridized carbons (Fsp3) is 0.158. The van der Waals surface area contributed by atoms with Gasteiger partial charge >= 0.3 is 5.97 Å². The number of benzene rings is 2. The number of aliphatic carboxylic acids is 1. The molecule has 144 valence electrons. The van der Waals surface area contributed by atoms with E-state index in [0.717, 1.165) is 20.2 Å². The van der Waals surface area contributed by atoms with Gasteiger partial charge in [0, 0.05) is 11.3 Å². The number of aliphatic imine (C=N–C) groups is 1. The highest BCUT2D eigenvalue weighted by molar-refractivity contribution is 8.38. The van der Waals surface area contributed by atoms with E-state index >= 15 is 0 Å². The lowest BCUT2D eigenvalue weighted by atomic mass is 10.0. The van der Waals surface area contributed by atoms with Crippen LogP contribution in [-0.4, -0.2) is 39.5 Å². The monoisotopic (exact) mass is 431 g/mol. The first-order valence-electron chi connectivity index (χ1n) is 8.16. The third-order valence-electron chi connectivity index (χ3n) is 3.65. The third-order valence-corrected chi connectivity index (χ3v) is 6.67. The Hall–Kier alpha value is -2.36. The van der Waals surface area contributed by atoms with Gasteiger partial charge in [-0.15, -0.1) is 11.8 Å². The first kappa shape index (κ1) is 20.4. The van der Waals surface area contributed by atoms with E-state index in [4.69, 9.17) is 4.84 Å². The number of oxime groups is 1. The van der Waals surface area contributed by atoms with Crippen LogP contribution >= 0.6 is 34.9 Å². The van der Waals surface area contributed by atoms with Crippen LogP contribution in [0.2, 0.25) is 0 Å². The van der Waals surface area contributed by atoms with Crippen molar-refractivity contribution in [3.8, 4) is 0 Å². The highest BCUT2D eigenvalue weighted by Crippen LogP contribution is 2.31. The van der Waals surface area contributed by atoms with Crippen molar-refractivity contribution in [3.05, 3.63) is 59.7 Å². The maximum atomic E-state index is 11.5. The fourth-order valence-electron chi connectivity index (χ4n) is 2.43. The number of carboxylic acid groups (broad SMARTS) is 1. The highest BCUT2D eigenvalue weighted by atomic mass is 32.2. The van der Waals surface area contributed by atoms with Gasteiger partial charge in [-0.25, -0.2) is 14.8 Å². The normalized spacial score (nSPS) is 12.4. The zero-order valence-corrected chi connectivity index (χ0v) is 17.6. The van der Waals surface area contributed by atoms with Gasteiger partial charge in [-0.1, -0.05) is 64.7 Å². The van der Waals surface area contributed by atoms with Crippen molar-refractivity contribution in [3.63, 3.8) is 0 Å². The SMILES string of the molecule is CO/N=C(\C(=O)O)c1ccccc1CS/C(=N/c1nc2ccccc2s1)SC. The molecule has 0 atom stereocenters. The molecule has 3 aromatic rings. The molecule has 0 spiro atoms. The van der Waals surface area contributed by atoms with Crippen LogP contribution in [0.5, 0.6) is 0 Å². The van der Waals surface area contributed by atoms with Crippen molar-refractivity contribution < 1.29 is 14.7 Å². The van der Waals surface area contributed by atoms with E-state index in [2.05, 4.69) is 15.1 Å². The molecule has 0 saturated carbocycles. The standard InChI is InChI=1S/C19H17N3O3S3/c1-25-22-16(17(23)24)13-8-4-3-7-12(13)11-27-19(26-2)21-18-20-14-9-5-6-10-15(14)28-18/h3-10H,11H2,1-2H3,(H,23,24)/b21-19+,22-16-. The Bertz CT molecular complexity index is 1010. The van der Waals surface area contributed by atoms with E-state index < -0.39 is 5.97 Å². The molecule has 9 heteroatoms. The van der Waals surface area contributed by atoms with Crippen LogP contribution in [0.3, 0.4) is 0 Å². The Morgan fingerprint density at radius 2 is 1.96 bits per heavy atom. The molecule has 28 heavy (non-hydrogen) atoms. The minimum atomic E-state index is -1.13. The Morgan fingerprint density at radius 1 is 1.21 bits per heavy atom. The lowest BCUT2D eigenvalue weighted by Crippen LogP contribution is -2.16. The average molecular weight is 432 g/mol. The summed E-state index contributed by atoms with van der Waals surface area (Å²) in [4.78, 5) is 25.4. The van der Waals surface area contributed by atoms with E-state index in [0.29, 0.717) is 16.4 Å². The molecule has 0 aliphatic rings. The summed E-state index contributed by atoms with van der Waals surface area (Å²) in [5, 5.41) is 13.8. The van der Waals surface area contributed by atoms with Crippen molar-refractivity contribution in [1.29, 1.82) is 0 Å². The third kappa shape index (κ3) is 4.92. The largest absolute Gasteiger partial charge is 0.476 e. The zero-order valence-electron chi connectivity index (χ0n) is 15.2. The van der Waals surface area contributed by atoms with E-state index in [1.165, 1.54) is 30.6 Å². The van der Waals surface area contributed by atoms with Gasteiger partial charge in [0.2, 0.25) is 5.13 Å². The summed E-state index contributed by atoms with van der Waals surface area (Å²) < 4.78 is 1.95. The molecule has 1 aromatic heterocycles. The fourth-order valence-corrected chi connectivity index (χ4v) is 4.90. The molecule has 2 aromatic carbocycles. The molecule has 0 fully saturated rings. The summed E-state index contributed by atoms with van der Waals surface area (Å²) in [6, 6.07) is 15.2. The van der Waals surface area contributed by atoms with Crippen molar-refractivity contribution >= 4 is 66.3 Å². The van der Waals surface area contributed by atoms with Gasteiger partial charge < -0.3 is 9.94 Å². The lowest BCUT2D eigenvalue weighted by molar-refractivity contribution is -0.129. The maximum Gasteiger partial charge on any atom is 0.358 e. The number of fused-ring (bicyclic) bond motifs is 1. The van der Waals surface area contributed by atoms with Crippen LogP contribution in [-0.2, 0) is 15.4 Å². The second-order valence-corrected chi connectivity index (χ2v) is 8.45. The second-order valence-electron chi connectivity index (χ2n) is 5.42. The number of thiazole rings is 1. The van der Waals surface area contributed by atoms with Crippen molar-refractivity contribution in [2.45, 2.75) is 5.75 Å². The van der Waals surface area contributed by atoms with Gasteiger partial charge in [0.05, 0.1) is 10.2 Å². The molecular formula is C19H17N3O3S3. The van der Waals surface area contributed by atoms with Gasteiger partial charge in [0.25, 0.3) is 0 Å². The van der Waals surface area contributed by atoms with Gasteiger partial charge in [-0.2, -0.15) is 0 Å². The molecule has 0 bridgehead atoms. The number of hydrogen-bond acceptors (Lipinski definition) is 8. The second kappa shape index (κ2) is 9.72. The smallest absolute Gasteiger partial charge is 0.358 e. The average Bonchev–Trinajstić information content (AvgIpc) is 3.12. The zero-order chi connectivity index (χ0) is 19.9. The van der Waals surface area contributed by atoms with Gasteiger partial charge in [0.1, 0.15) is 11.5 Å². The first-order chi connectivity index (χ1) is 13.6. The Morgan fingerprint density at radius 3 is 2.68 bits per heavy atom. The van der Waals surface area contributed by atoms with Crippen LogP contribution in [0, 0.1) is 0 Å². The molecule has 0 amide bonds. The summed E-state index contributed by atoms with van der Waals surface area (Å²) in [5.41, 5.74) is 2.19. The van der Waals surface area contributed by atoms with Crippen LogP contribution in [0.1, 0.15) is 11.1 Å². The van der Waals surface area contributed by atoms with Crippen LogP contribution < -0.4 is 0 Å². The number of carbonyl (C=O) groups is 1. The summed E-state index contributed by atoms with van der Waals surface area (Å²) >= 11 is 4.61. The molecular weight excluding hydrogens is 414 g/mol. The topological polar surface area (TPSA) is 84.1 Å². The maximum absolute atomic E-state index is 11.5.